The van der Waals surface area contributed by atoms with Crippen LogP contribution in [0.4, 0.5) is 0 Å². The van der Waals surface area contributed by atoms with Gasteiger partial charge in [0.15, 0.2) is 0 Å². The van der Waals surface area contributed by atoms with Gasteiger partial charge in [-0.15, -0.1) is 12.4 Å². The fraction of sp³-hybridized carbons (Fsp3) is 0.316. The van der Waals surface area contributed by atoms with Crippen molar-refractivity contribution < 1.29 is 9.90 Å². The molecule has 3 nitrogen and oxygen atoms in total. The number of carbonyl (C=O) groups is 1. The molecule has 1 atom stereocenters. The molecule has 3 rings (SSSR count). The van der Waals surface area contributed by atoms with E-state index in [-0.39, 0.29) is 12.4 Å². The van der Waals surface area contributed by atoms with Crippen molar-refractivity contribution in [2.75, 3.05) is 20.1 Å². The Morgan fingerprint density at radius 2 is 1.91 bits per heavy atom. The third-order valence-electron chi connectivity index (χ3n) is 4.44. The van der Waals surface area contributed by atoms with Crippen molar-refractivity contribution in [2.24, 2.45) is 5.92 Å². The number of carboxylic acids is 1. The van der Waals surface area contributed by atoms with Crippen LogP contribution < -0.4 is 0 Å². The van der Waals surface area contributed by atoms with Crippen molar-refractivity contribution in [3.63, 3.8) is 0 Å². The first-order chi connectivity index (χ1) is 10.6. The van der Waals surface area contributed by atoms with Gasteiger partial charge in [0, 0.05) is 6.54 Å². The normalized spacial score (nSPS) is 17.7. The van der Waals surface area contributed by atoms with Crippen LogP contribution in [0.15, 0.2) is 48.5 Å². The molecule has 1 fully saturated rings. The summed E-state index contributed by atoms with van der Waals surface area (Å²) in [7, 11) is 2.12. The van der Waals surface area contributed by atoms with Crippen LogP contribution in [0.1, 0.15) is 22.3 Å². The largest absolute Gasteiger partial charge is 0.478 e. The number of hydrogen-bond acceptors (Lipinski definition) is 2. The van der Waals surface area contributed by atoms with Crippen molar-refractivity contribution in [1.29, 1.82) is 0 Å². The lowest BCUT2D eigenvalue weighted by atomic mass is 9.92. The number of halogens is 1. The topological polar surface area (TPSA) is 40.5 Å². The van der Waals surface area contributed by atoms with Gasteiger partial charge >= 0.3 is 5.97 Å². The van der Waals surface area contributed by atoms with E-state index in [0.29, 0.717) is 11.5 Å². The summed E-state index contributed by atoms with van der Waals surface area (Å²) in [6, 6.07) is 15.8. The van der Waals surface area contributed by atoms with Crippen LogP contribution >= 0.6 is 12.4 Å². The fourth-order valence-corrected chi connectivity index (χ4v) is 3.27. The maximum absolute atomic E-state index is 11.6. The number of likely N-dealkylation sites (tertiary alicyclic amines) is 1. The molecule has 23 heavy (non-hydrogen) atoms. The highest BCUT2D eigenvalue weighted by Gasteiger charge is 2.22. The Kier molecular flexibility index (Phi) is 5.80. The lowest BCUT2D eigenvalue weighted by molar-refractivity contribution is 0.0695. The van der Waals surface area contributed by atoms with Gasteiger partial charge in [-0.25, -0.2) is 4.79 Å². The minimum atomic E-state index is -0.834. The summed E-state index contributed by atoms with van der Waals surface area (Å²) in [4.78, 5) is 13.9. The van der Waals surface area contributed by atoms with Gasteiger partial charge in [-0.3, -0.25) is 0 Å². The van der Waals surface area contributed by atoms with Crippen molar-refractivity contribution in [1.82, 2.24) is 4.90 Å². The molecule has 1 saturated heterocycles. The van der Waals surface area contributed by atoms with Crippen LogP contribution in [0.2, 0.25) is 0 Å². The molecule has 0 amide bonds. The van der Waals surface area contributed by atoms with Gasteiger partial charge in [-0.05, 0) is 55.1 Å². The summed E-state index contributed by atoms with van der Waals surface area (Å²) in [5, 5.41) is 9.55. The van der Waals surface area contributed by atoms with E-state index in [1.165, 1.54) is 0 Å². The van der Waals surface area contributed by atoms with Gasteiger partial charge in [0.1, 0.15) is 0 Å². The highest BCUT2D eigenvalue weighted by Crippen LogP contribution is 2.26. The second kappa shape index (κ2) is 7.62. The van der Waals surface area contributed by atoms with Crippen molar-refractivity contribution >= 4 is 18.4 Å². The first-order valence-electron chi connectivity index (χ1n) is 7.73. The monoisotopic (exact) mass is 331 g/mol. The molecule has 1 unspecified atom stereocenters. The quantitative estimate of drug-likeness (QED) is 0.921. The third-order valence-corrected chi connectivity index (χ3v) is 4.44. The number of benzene rings is 2. The lowest BCUT2D eigenvalue weighted by Crippen LogP contribution is -2.16. The van der Waals surface area contributed by atoms with Gasteiger partial charge in [0.05, 0.1) is 5.56 Å². The average Bonchev–Trinajstić information content (AvgIpc) is 2.93. The van der Waals surface area contributed by atoms with Crippen LogP contribution in [-0.2, 0) is 6.42 Å². The molecule has 0 bridgehead atoms. The maximum atomic E-state index is 11.6. The van der Waals surface area contributed by atoms with E-state index in [4.69, 9.17) is 0 Å². The Morgan fingerprint density at radius 1 is 1.17 bits per heavy atom. The first-order valence-corrected chi connectivity index (χ1v) is 7.73. The van der Waals surface area contributed by atoms with Gasteiger partial charge in [-0.2, -0.15) is 0 Å². The predicted molar refractivity (Wildman–Crippen MR) is 95.4 cm³/mol. The average molecular weight is 332 g/mol. The molecule has 1 aliphatic heterocycles. The molecule has 1 aliphatic rings. The molecule has 122 valence electrons. The molecule has 2 aromatic rings. The van der Waals surface area contributed by atoms with E-state index in [9.17, 15) is 9.90 Å². The van der Waals surface area contributed by atoms with Crippen LogP contribution in [0.25, 0.3) is 11.1 Å². The van der Waals surface area contributed by atoms with Gasteiger partial charge in [0.2, 0.25) is 0 Å². The van der Waals surface area contributed by atoms with Crippen molar-refractivity contribution in [3.8, 4) is 11.1 Å². The van der Waals surface area contributed by atoms with E-state index in [2.05, 4.69) is 11.9 Å². The molecule has 4 heteroatoms. The molecular formula is C19H22ClNO2. The molecule has 2 aromatic carbocycles. The highest BCUT2D eigenvalue weighted by molar-refractivity contribution is 5.91. The molecule has 0 spiro atoms. The molecule has 1 N–H and O–H groups in total. The van der Waals surface area contributed by atoms with Crippen LogP contribution in [0.5, 0.6) is 0 Å². The Morgan fingerprint density at radius 3 is 2.52 bits per heavy atom. The van der Waals surface area contributed by atoms with E-state index < -0.39 is 5.97 Å². The number of nitrogens with zero attached hydrogens (tertiary/aromatic N) is 1. The smallest absolute Gasteiger partial charge is 0.335 e. The fourth-order valence-electron chi connectivity index (χ4n) is 3.27. The Balaban J connectivity index is 0.00000192. The summed E-state index contributed by atoms with van der Waals surface area (Å²) in [6.07, 6.45) is 2.00. The Labute approximate surface area is 143 Å². The number of aromatic carboxylic acids is 1. The molecule has 0 aliphatic carbocycles. The molecule has 0 radical (unpaired) electrons. The van der Waals surface area contributed by atoms with Crippen molar-refractivity contribution in [2.45, 2.75) is 12.8 Å². The van der Waals surface area contributed by atoms with Crippen LogP contribution in [-0.4, -0.2) is 36.1 Å². The summed E-state index contributed by atoms with van der Waals surface area (Å²) < 4.78 is 0. The molecule has 0 aromatic heterocycles. The SMILES string of the molecule is CN1CCC(Cc2ccc(-c3ccccc3)cc2C(=O)O)C1.Cl. The number of hydrogen-bond donors (Lipinski definition) is 1. The Hall–Kier alpha value is -1.84. The summed E-state index contributed by atoms with van der Waals surface area (Å²) in [6.45, 7) is 2.16. The van der Waals surface area contributed by atoms with Crippen molar-refractivity contribution in [3.05, 3.63) is 59.7 Å². The minimum Gasteiger partial charge on any atom is -0.478 e. The van der Waals surface area contributed by atoms with Crippen LogP contribution in [0, 0.1) is 5.92 Å². The third kappa shape index (κ3) is 4.12. The lowest BCUT2D eigenvalue weighted by Gasteiger charge is -2.14. The molecular weight excluding hydrogens is 310 g/mol. The van der Waals surface area contributed by atoms with Gasteiger partial charge in [0.25, 0.3) is 0 Å². The maximum Gasteiger partial charge on any atom is 0.335 e. The van der Waals surface area contributed by atoms with Gasteiger partial charge in [-0.1, -0.05) is 42.5 Å². The number of carboxylic acid groups (broad SMARTS) is 1. The highest BCUT2D eigenvalue weighted by atomic mass is 35.5. The minimum absolute atomic E-state index is 0. The second-order valence-corrected chi connectivity index (χ2v) is 6.16. The second-order valence-electron chi connectivity index (χ2n) is 6.16. The zero-order chi connectivity index (χ0) is 15.5. The summed E-state index contributed by atoms with van der Waals surface area (Å²) in [5.74, 6) is -0.273. The van der Waals surface area contributed by atoms with E-state index in [1.54, 1.807) is 0 Å². The zero-order valence-corrected chi connectivity index (χ0v) is 14.1. The van der Waals surface area contributed by atoms with E-state index in [0.717, 1.165) is 42.6 Å². The van der Waals surface area contributed by atoms with Crippen LogP contribution in [0.3, 0.4) is 0 Å². The zero-order valence-electron chi connectivity index (χ0n) is 13.2. The predicted octanol–water partition coefficient (Wildman–Crippen LogP) is 3.97. The first kappa shape index (κ1) is 17.5. The summed E-state index contributed by atoms with van der Waals surface area (Å²) >= 11 is 0. The standard InChI is InChI=1S/C19H21NO2.ClH/c1-20-10-9-14(13-20)11-17-8-7-16(12-18(17)19(21)22)15-5-3-2-4-6-15;/h2-8,12,14H,9-11,13H2,1H3,(H,21,22);1H. The Bertz CT molecular complexity index is 672. The molecule has 1 heterocycles. The van der Waals surface area contributed by atoms with E-state index in [1.807, 2.05) is 48.5 Å². The molecule has 0 saturated carbocycles. The number of rotatable bonds is 4. The van der Waals surface area contributed by atoms with Gasteiger partial charge < -0.3 is 10.0 Å². The summed E-state index contributed by atoms with van der Waals surface area (Å²) in [5.41, 5.74) is 3.41. The van der Waals surface area contributed by atoms with E-state index >= 15 is 0 Å².